The highest BCUT2D eigenvalue weighted by atomic mass is 32.1. The molecular weight excluding hydrogens is 835 g/mol. The SMILES string of the molecule is CC(C)[C@H](NC(=O)CNC(=O)[C@H](CCCN=C(N)N)NC(=O)[C@@H](NC(=O)[C@H](CS)NC(=O)[C@@H](NC(=O)[C@H](C)N)C(C)C)[C@@H](C)O)C(=O)N[C@@H](C)C(=O)N[C@@H](CCCCN)C(=O)O. The fourth-order valence-electron chi connectivity index (χ4n) is 5.43. The number of nitrogens with two attached hydrogens (primary N) is 4. The van der Waals surface area contributed by atoms with Crippen molar-refractivity contribution in [2.75, 3.05) is 25.4 Å². The van der Waals surface area contributed by atoms with Gasteiger partial charge in [0.1, 0.15) is 42.3 Å². The summed E-state index contributed by atoms with van der Waals surface area (Å²) in [7, 11) is 0. The molecule has 0 aromatic rings. The van der Waals surface area contributed by atoms with Gasteiger partial charge in [-0.15, -0.1) is 0 Å². The number of aliphatic imine (C=N–C) groups is 1. The van der Waals surface area contributed by atoms with E-state index in [1.165, 1.54) is 20.8 Å². The molecular formula is C37H69N13O11S. The Bertz CT molecular complexity index is 1560. The lowest BCUT2D eigenvalue weighted by molar-refractivity contribution is -0.142. The number of carboxylic acids is 1. The molecule has 62 heavy (non-hydrogen) atoms. The summed E-state index contributed by atoms with van der Waals surface area (Å²) in [4.78, 5) is 120. The van der Waals surface area contributed by atoms with Crippen LogP contribution in [0.5, 0.6) is 0 Å². The molecule has 9 atom stereocenters. The van der Waals surface area contributed by atoms with Crippen LogP contribution in [0.2, 0.25) is 0 Å². The van der Waals surface area contributed by atoms with E-state index in [1.54, 1.807) is 27.7 Å². The number of thiol groups is 1. The van der Waals surface area contributed by atoms with Crippen molar-refractivity contribution in [3.63, 3.8) is 0 Å². The van der Waals surface area contributed by atoms with Crippen molar-refractivity contribution < 1.29 is 53.4 Å². The summed E-state index contributed by atoms with van der Waals surface area (Å²) in [5.41, 5.74) is 21.8. The Morgan fingerprint density at radius 2 is 1.10 bits per heavy atom. The molecule has 0 saturated carbocycles. The monoisotopic (exact) mass is 903 g/mol. The fourth-order valence-corrected chi connectivity index (χ4v) is 5.69. The van der Waals surface area contributed by atoms with Crippen LogP contribution in [-0.4, -0.2) is 149 Å². The van der Waals surface area contributed by atoms with E-state index in [0.29, 0.717) is 19.4 Å². The molecule has 8 amide bonds. The molecule has 0 fully saturated rings. The van der Waals surface area contributed by atoms with Crippen molar-refractivity contribution in [1.29, 1.82) is 0 Å². The summed E-state index contributed by atoms with van der Waals surface area (Å²) < 4.78 is 0. The van der Waals surface area contributed by atoms with Gasteiger partial charge in [0.15, 0.2) is 5.96 Å². The van der Waals surface area contributed by atoms with E-state index in [9.17, 15) is 53.4 Å². The lowest BCUT2D eigenvalue weighted by Gasteiger charge is -2.28. The van der Waals surface area contributed by atoms with Crippen molar-refractivity contribution in [1.82, 2.24) is 42.5 Å². The zero-order valence-electron chi connectivity index (χ0n) is 36.5. The number of aliphatic carboxylic acids is 1. The minimum Gasteiger partial charge on any atom is -0.480 e. The Hall–Kier alpha value is -5.27. The number of rotatable bonds is 29. The second-order valence-corrected chi connectivity index (χ2v) is 15.8. The highest BCUT2D eigenvalue weighted by molar-refractivity contribution is 7.80. The van der Waals surface area contributed by atoms with E-state index in [2.05, 4.69) is 60.2 Å². The quantitative estimate of drug-likeness (QED) is 0.0144. The largest absolute Gasteiger partial charge is 0.480 e. The summed E-state index contributed by atoms with van der Waals surface area (Å²) in [5.74, 6) is -9.19. The number of aliphatic hydroxyl groups excluding tert-OH is 1. The lowest BCUT2D eigenvalue weighted by Crippen LogP contribution is -2.62. The highest BCUT2D eigenvalue weighted by Crippen LogP contribution is 2.07. The molecule has 0 aliphatic carbocycles. The van der Waals surface area contributed by atoms with Crippen LogP contribution in [0.1, 0.15) is 80.6 Å². The number of hydrogen-bond acceptors (Lipinski definition) is 14. The maximum atomic E-state index is 13.5. The van der Waals surface area contributed by atoms with Gasteiger partial charge in [-0.1, -0.05) is 27.7 Å². The number of nitrogens with one attached hydrogen (secondary N) is 8. The van der Waals surface area contributed by atoms with Crippen LogP contribution in [-0.2, 0) is 43.2 Å². The van der Waals surface area contributed by atoms with Crippen LogP contribution in [0, 0.1) is 11.8 Å². The summed E-state index contributed by atoms with van der Waals surface area (Å²) in [6, 6.07) is -9.97. The zero-order valence-corrected chi connectivity index (χ0v) is 37.4. The minimum atomic E-state index is -1.67. The number of nitrogens with zero attached hydrogens (tertiary/aromatic N) is 1. The molecule has 0 radical (unpaired) electrons. The molecule has 0 aliphatic rings. The number of carboxylic acid groups (broad SMARTS) is 1. The first-order valence-electron chi connectivity index (χ1n) is 20.3. The average molecular weight is 904 g/mol. The van der Waals surface area contributed by atoms with Gasteiger partial charge >= 0.3 is 5.97 Å². The minimum absolute atomic E-state index is 0.0389. The number of amides is 8. The number of hydrogen-bond donors (Lipinski definition) is 15. The maximum absolute atomic E-state index is 13.5. The van der Waals surface area contributed by atoms with E-state index in [0.717, 1.165) is 0 Å². The van der Waals surface area contributed by atoms with E-state index < -0.39 is 126 Å². The maximum Gasteiger partial charge on any atom is 0.326 e. The van der Waals surface area contributed by atoms with E-state index in [-0.39, 0.29) is 37.5 Å². The molecule has 18 N–H and O–H groups in total. The molecule has 0 spiro atoms. The first-order chi connectivity index (χ1) is 28.9. The summed E-state index contributed by atoms with van der Waals surface area (Å²) >= 11 is 4.14. The van der Waals surface area contributed by atoms with Crippen LogP contribution >= 0.6 is 12.6 Å². The molecule has 25 heteroatoms. The van der Waals surface area contributed by atoms with Gasteiger partial charge < -0.3 is 75.7 Å². The van der Waals surface area contributed by atoms with Gasteiger partial charge in [-0.25, -0.2) is 4.79 Å². The van der Waals surface area contributed by atoms with Gasteiger partial charge in [0.2, 0.25) is 47.3 Å². The number of aliphatic hydroxyl groups is 1. The Kier molecular flexibility index (Phi) is 26.6. The Labute approximate surface area is 367 Å². The molecule has 0 rings (SSSR count). The van der Waals surface area contributed by atoms with Gasteiger partial charge in [-0.05, 0) is 71.3 Å². The third-order valence-corrected chi connectivity index (χ3v) is 9.48. The van der Waals surface area contributed by atoms with Gasteiger partial charge in [0, 0.05) is 12.3 Å². The van der Waals surface area contributed by atoms with Crippen molar-refractivity contribution >= 4 is 71.8 Å². The van der Waals surface area contributed by atoms with Crippen LogP contribution in [0.4, 0.5) is 0 Å². The normalized spacial score (nSPS) is 15.4. The topological polar surface area (TPSA) is 407 Å². The molecule has 0 heterocycles. The first-order valence-corrected chi connectivity index (χ1v) is 20.9. The second kappa shape index (κ2) is 29.1. The Morgan fingerprint density at radius 1 is 0.597 bits per heavy atom. The molecule has 0 aliphatic heterocycles. The average Bonchev–Trinajstić information content (AvgIpc) is 3.18. The molecule has 0 unspecified atom stereocenters. The lowest BCUT2D eigenvalue weighted by atomic mass is 10.0. The van der Waals surface area contributed by atoms with E-state index >= 15 is 0 Å². The predicted octanol–water partition coefficient (Wildman–Crippen LogP) is -5.25. The fraction of sp³-hybridized carbons (Fsp3) is 0.730. The molecule has 354 valence electrons. The Balaban J connectivity index is 5.88. The summed E-state index contributed by atoms with van der Waals surface area (Å²) in [6.07, 6.45) is -0.348. The zero-order chi connectivity index (χ0) is 47.9. The van der Waals surface area contributed by atoms with Gasteiger partial charge in [-0.3, -0.25) is 43.3 Å². The van der Waals surface area contributed by atoms with E-state index in [1.807, 2.05) is 0 Å². The van der Waals surface area contributed by atoms with E-state index in [4.69, 9.17) is 22.9 Å². The van der Waals surface area contributed by atoms with Crippen LogP contribution < -0.4 is 65.5 Å². The number of guanidine groups is 1. The molecule has 0 bridgehead atoms. The van der Waals surface area contributed by atoms with Crippen LogP contribution in [0.25, 0.3) is 0 Å². The molecule has 0 aromatic carbocycles. The van der Waals surface area contributed by atoms with Crippen molar-refractivity contribution in [3.05, 3.63) is 0 Å². The highest BCUT2D eigenvalue weighted by Gasteiger charge is 2.34. The molecule has 0 aromatic heterocycles. The van der Waals surface area contributed by atoms with Gasteiger partial charge in [0.05, 0.1) is 18.7 Å². The summed E-state index contributed by atoms with van der Waals surface area (Å²) in [5, 5.41) is 39.5. The summed E-state index contributed by atoms with van der Waals surface area (Å²) in [6.45, 7) is 10.2. The van der Waals surface area contributed by atoms with Crippen molar-refractivity contribution in [2.24, 2.45) is 39.8 Å². The van der Waals surface area contributed by atoms with Gasteiger partial charge in [-0.2, -0.15) is 12.6 Å². The Morgan fingerprint density at radius 3 is 1.60 bits per heavy atom. The predicted molar refractivity (Wildman–Crippen MR) is 232 cm³/mol. The number of carbonyl (C=O) groups excluding carboxylic acids is 8. The van der Waals surface area contributed by atoms with Gasteiger partial charge in [0.25, 0.3) is 0 Å². The third-order valence-electron chi connectivity index (χ3n) is 9.12. The van der Waals surface area contributed by atoms with Crippen LogP contribution in [0.15, 0.2) is 4.99 Å². The second-order valence-electron chi connectivity index (χ2n) is 15.4. The smallest absolute Gasteiger partial charge is 0.326 e. The van der Waals surface area contributed by atoms with Crippen LogP contribution in [0.3, 0.4) is 0 Å². The van der Waals surface area contributed by atoms with Crippen molar-refractivity contribution in [3.8, 4) is 0 Å². The standard InChI is InChI=1S/C37H69N13O11S/c1-17(2)26(33(57)44-20(6)30(54)46-23(36(60)61)11-8-9-13-38)48-25(52)15-43-31(55)22(12-10-14-42-37(40)41)45-35(59)28(21(7)51)50-32(56)24(16-62)47-34(58)27(18(3)4)49-29(53)19(5)39/h17-24,26-28,51,62H,8-16,38-39H2,1-7H3,(H,43,55)(H,44,57)(H,45,59)(H,46,54)(H,47,58)(H,48,52)(H,49,53)(H,50,56)(H,60,61)(H4,40,41,42)/t19-,20-,21+,22-,23-,24-,26-,27-,28-/m0/s1. The number of carbonyl (C=O) groups is 9. The number of unbranched alkanes of at least 4 members (excludes halogenated alkanes) is 1. The molecule has 0 saturated heterocycles. The first kappa shape index (κ1) is 56.7. The molecule has 24 nitrogen and oxygen atoms in total. The third kappa shape index (κ3) is 21.5. The van der Waals surface area contributed by atoms with Crippen molar-refractivity contribution in [2.45, 2.75) is 135 Å².